The first-order valence-corrected chi connectivity index (χ1v) is 6.80. The summed E-state index contributed by atoms with van der Waals surface area (Å²) in [6.45, 7) is 3.09. The van der Waals surface area contributed by atoms with Crippen LogP contribution in [0.4, 0.5) is 5.69 Å². The summed E-state index contributed by atoms with van der Waals surface area (Å²) in [4.78, 5) is 14.2. The number of anilines is 1. The molecule has 1 aromatic carbocycles. The number of nitrogens with two attached hydrogens (primary N) is 1. The molecule has 1 aliphatic rings. The summed E-state index contributed by atoms with van der Waals surface area (Å²) in [6, 6.07) is 8.20. The van der Waals surface area contributed by atoms with E-state index in [-0.39, 0.29) is 0 Å². The molecule has 2 rings (SSSR count). The average molecular weight is 246 g/mol. The molecule has 1 fully saturated rings. The minimum absolute atomic E-state index is 0.291. The summed E-state index contributed by atoms with van der Waals surface area (Å²) in [5.74, 6) is 0.291. The maximum atomic E-state index is 12.2. The van der Waals surface area contributed by atoms with Gasteiger partial charge >= 0.3 is 0 Å². The van der Waals surface area contributed by atoms with Crippen molar-refractivity contribution in [3.63, 3.8) is 0 Å². The van der Waals surface area contributed by atoms with E-state index in [1.807, 2.05) is 29.2 Å². The van der Waals surface area contributed by atoms with Gasteiger partial charge in [-0.2, -0.15) is 0 Å². The topological polar surface area (TPSA) is 46.3 Å². The first kappa shape index (κ1) is 12.9. The second-order valence-electron chi connectivity index (χ2n) is 5.17. The smallest absolute Gasteiger partial charge is 0.223 e. The molecule has 1 unspecified atom stereocenters. The van der Waals surface area contributed by atoms with Crippen LogP contribution in [0.2, 0.25) is 0 Å². The molecule has 0 aliphatic carbocycles. The summed E-state index contributed by atoms with van der Waals surface area (Å²) in [5, 5.41) is 0. The molecule has 1 aromatic rings. The molecular weight excluding hydrogens is 224 g/mol. The van der Waals surface area contributed by atoms with Crippen molar-refractivity contribution in [2.24, 2.45) is 0 Å². The highest BCUT2D eigenvalue weighted by atomic mass is 16.2. The molecule has 1 aliphatic heterocycles. The van der Waals surface area contributed by atoms with Crippen molar-refractivity contribution in [3.05, 3.63) is 29.8 Å². The van der Waals surface area contributed by atoms with Gasteiger partial charge in [-0.05, 0) is 50.3 Å². The lowest BCUT2D eigenvalue weighted by molar-refractivity contribution is -0.134. The molecular formula is C15H22N2O. The van der Waals surface area contributed by atoms with E-state index >= 15 is 0 Å². The van der Waals surface area contributed by atoms with Gasteiger partial charge in [-0.3, -0.25) is 4.79 Å². The standard InChI is InChI=1S/C15H22N2O/c1-12-4-2-3-11-17(12)15(18)10-7-13-5-8-14(16)9-6-13/h5-6,8-9,12H,2-4,7,10-11,16H2,1H3. The van der Waals surface area contributed by atoms with E-state index in [2.05, 4.69) is 6.92 Å². The van der Waals surface area contributed by atoms with Crippen LogP contribution in [0.25, 0.3) is 0 Å². The average Bonchev–Trinajstić information content (AvgIpc) is 2.38. The van der Waals surface area contributed by atoms with Crippen LogP contribution in [0.15, 0.2) is 24.3 Å². The molecule has 0 bridgehead atoms. The monoisotopic (exact) mass is 246 g/mol. The second-order valence-corrected chi connectivity index (χ2v) is 5.17. The van der Waals surface area contributed by atoms with Gasteiger partial charge in [0.2, 0.25) is 5.91 Å². The third-order valence-corrected chi connectivity index (χ3v) is 3.73. The fraction of sp³-hybridized carbons (Fsp3) is 0.533. The number of aryl methyl sites for hydroxylation is 1. The molecule has 98 valence electrons. The Morgan fingerprint density at radius 2 is 2.06 bits per heavy atom. The number of likely N-dealkylation sites (tertiary alicyclic amines) is 1. The van der Waals surface area contributed by atoms with E-state index in [0.29, 0.717) is 18.4 Å². The third-order valence-electron chi connectivity index (χ3n) is 3.73. The number of carbonyl (C=O) groups excluding carboxylic acids is 1. The molecule has 0 saturated carbocycles. The van der Waals surface area contributed by atoms with E-state index < -0.39 is 0 Å². The van der Waals surface area contributed by atoms with Crippen LogP contribution in [0.1, 0.15) is 38.2 Å². The fourth-order valence-electron chi connectivity index (χ4n) is 2.55. The van der Waals surface area contributed by atoms with Crippen molar-refractivity contribution >= 4 is 11.6 Å². The molecule has 3 heteroatoms. The number of benzene rings is 1. The number of carbonyl (C=O) groups is 1. The maximum Gasteiger partial charge on any atom is 0.223 e. The Hall–Kier alpha value is -1.51. The van der Waals surface area contributed by atoms with Crippen molar-refractivity contribution < 1.29 is 4.79 Å². The molecule has 1 amide bonds. The highest BCUT2D eigenvalue weighted by Crippen LogP contribution is 2.18. The summed E-state index contributed by atoms with van der Waals surface area (Å²) in [6.07, 6.45) is 4.96. The van der Waals surface area contributed by atoms with E-state index in [0.717, 1.165) is 31.5 Å². The van der Waals surface area contributed by atoms with Gasteiger partial charge in [-0.1, -0.05) is 12.1 Å². The molecule has 0 spiro atoms. The van der Waals surface area contributed by atoms with Crippen LogP contribution in [0.5, 0.6) is 0 Å². The van der Waals surface area contributed by atoms with Crippen LogP contribution in [0, 0.1) is 0 Å². The first-order valence-electron chi connectivity index (χ1n) is 6.80. The molecule has 2 N–H and O–H groups in total. The Balaban J connectivity index is 1.85. The first-order chi connectivity index (χ1) is 8.66. The molecule has 1 atom stereocenters. The summed E-state index contributed by atoms with van der Waals surface area (Å²) < 4.78 is 0. The van der Waals surface area contributed by atoms with Crippen LogP contribution >= 0.6 is 0 Å². The Morgan fingerprint density at radius 1 is 1.33 bits per heavy atom. The number of nitrogen functional groups attached to an aromatic ring is 1. The number of rotatable bonds is 3. The summed E-state index contributed by atoms with van der Waals surface area (Å²) >= 11 is 0. The zero-order valence-corrected chi connectivity index (χ0v) is 11.1. The predicted molar refractivity (Wildman–Crippen MR) is 74.2 cm³/mol. The molecule has 0 aromatic heterocycles. The Bertz CT molecular complexity index is 399. The predicted octanol–water partition coefficient (Wildman–Crippen LogP) is 2.60. The highest BCUT2D eigenvalue weighted by molar-refractivity contribution is 5.76. The van der Waals surface area contributed by atoms with E-state index in [4.69, 9.17) is 5.73 Å². The lowest BCUT2D eigenvalue weighted by Gasteiger charge is -2.33. The van der Waals surface area contributed by atoms with Crippen molar-refractivity contribution in [2.75, 3.05) is 12.3 Å². The quantitative estimate of drug-likeness (QED) is 0.833. The van der Waals surface area contributed by atoms with Gasteiger partial charge in [0, 0.05) is 24.7 Å². The number of nitrogens with zero attached hydrogens (tertiary/aromatic N) is 1. The Labute approximate surface area is 109 Å². The lowest BCUT2D eigenvalue weighted by Crippen LogP contribution is -2.42. The number of hydrogen-bond acceptors (Lipinski definition) is 2. The minimum Gasteiger partial charge on any atom is -0.399 e. The van der Waals surface area contributed by atoms with Gasteiger partial charge in [0.15, 0.2) is 0 Å². The molecule has 1 saturated heterocycles. The van der Waals surface area contributed by atoms with Crippen LogP contribution in [-0.2, 0) is 11.2 Å². The SMILES string of the molecule is CC1CCCCN1C(=O)CCc1ccc(N)cc1. The van der Waals surface area contributed by atoms with Crippen molar-refractivity contribution in [2.45, 2.75) is 45.1 Å². The van der Waals surface area contributed by atoms with Gasteiger partial charge in [0.25, 0.3) is 0 Å². The van der Waals surface area contributed by atoms with Crippen LogP contribution in [-0.4, -0.2) is 23.4 Å². The Morgan fingerprint density at radius 3 is 2.72 bits per heavy atom. The number of hydrogen-bond donors (Lipinski definition) is 1. The van der Waals surface area contributed by atoms with E-state index in [9.17, 15) is 4.79 Å². The minimum atomic E-state index is 0.291. The number of amides is 1. The normalized spacial score (nSPS) is 19.8. The zero-order chi connectivity index (χ0) is 13.0. The van der Waals surface area contributed by atoms with E-state index in [1.54, 1.807) is 0 Å². The van der Waals surface area contributed by atoms with Crippen LogP contribution < -0.4 is 5.73 Å². The van der Waals surface area contributed by atoms with Crippen molar-refractivity contribution in [1.29, 1.82) is 0 Å². The number of piperidine rings is 1. The summed E-state index contributed by atoms with van der Waals surface area (Å²) in [5.41, 5.74) is 7.60. The van der Waals surface area contributed by atoms with Gasteiger partial charge in [-0.15, -0.1) is 0 Å². The zero-order valence-electron chi connectivity index (χ0n) is 11.1. The maximum absolute atomic E-state index is 12.2. The fourth-order valence-corrected chi connectivity index (χ4v) is 2.55. The summed E-state index contributed by atoms with van der Waals surface area (Å²) in [7, 11) is 0. The molecule has 0 radical (unpaired) electrons. The largest absolute Gasteiger partial charge is 0.399 e. The van der Waals surface area contributed by atoms with Crippen molar-refractivity contribution in [1.82, 2.24) is 4.90 Å². The van der Waals surface area contributed by atoms with Crippen LogP contribution in [0.3, 0.4) is 0 Å². The third kappa shape index (κ3) is 3.25. The molecule has 1 heterocycles. The molecule has 18 heavy (non-hydrogen) atoms. The highest BCUT2D eigenvalue weighted by Gasteiger charge is 2.22. The van der Waals surface area contributed by atoms with Crippen molar-refractivity contribution in [3.8, 4) is 0 Å². The second kappa shape index (κ2) is 5.89. The van der Waals surface area contributed by atoms with Gasteiger partial charge < -0.3 is 10.6 Å². The van der Waals surface area contributed by atoms with E-state index in [1.165, 1.54) is 12.0 Å². The molecule has 3 nitrogen and oxygen atoms in total. The Kier molecular flexibility index (Phi) is 4.24. The van der Waals surface area contributed by atoms with Gasteiger partial charge in [0.05, 0.1) is 0 Å². The van der Waals surface area contributed by atoms with Gasteiger partial charge in [0.1, 0.15) is 0 Å². The van der Waals surface area contributed by atoms with Gasteiger partial charge in [-0.25, -0.2) is 0 Å². The lowest BCUT2D eigenvalue weighted by atomic mass is 10.0.